The Labute approximate surface area is 113 Å². The lowest BCUT2D eigenvalue weighted by Gasteiger charge is -2.22. The zero-order valence-corrected chi connectivity index (χ0v) is 11.7. The van der Waals surface area contributed by atoms with Crippen molar-refractivity contribution in [2.24, 2.45) is 11.8 Å². The maximum absolute atomic E-state index is 13.0. The molecule has 1 aliphatic rings. The number of halogens is 1. The van der Waals surface area contributed by atoms with Gasteiger partial charge in [0.25, 0.3) is 0 Å². The normalized spacial score (nSPS) is 23.4. The summed E-state index contributed by atoms with van der Waals surface area (Å²) < 4.78 is 36.1. The number of hydrogen-bond acceptors (Lipinski definition) is 4. The fraction of sp³-hybridized carbons (Fsp3) is 0.538. The minimum Gasteiger partial charge on any atom is -0.271 e. The van der Waals surface area contributed by atoms with E-state index in [4.69, 9.17) is 5.84 Å². The number of hydrazine groups is 1. The van der Waals surface area contributed by atoms with Crippen LogP contribution in [-0.4, -0.2) is 26.0 Å². The average Bonchev–Trinajstić information content (AvgIpc) is 2.69. The van der Waals surface area contributed by atoms with Gasteiger partial charge in [-0.25, -0.2) is 12.8 Å². The van der Waals surface area contributed by atoms with Crippen LogP contribution in [0.2, 0.25) is 0 Å². The number of aryl methyl sites for hydroxylation is 1. The highest BCUT2D eigenvalue weighted by Gasteiger charge is 2.33. The highest BCUT2D eigenvalue weighted by Crippen LogP contribution is 2.24. The Morgan fingerprint density at radius 2 is 2.26 bits per heavy atom. The van der Waals surface area contributed by atoms with Gasteiger partial charge in [-0.05, 0) is 48.9 Å². The van der Waals surface area contributed by atoms with Crippen molar-refractivity contribution in [3.8, 4) is 0 Å². The summed E-state index contributed by atoms with van der Waals surface area (Å²) >= 11 is 0. The topological polar surface area (TPSA) is 72.2 Å². The van der Waals surface area contributed by atoms with Crippen LogP contribution in [-0.2, 0) is 16.3 Å². The minimum atomic E-state index is -2.92. The summed E-state index contributed by atoms with van der Waals surface area (Å²) in [7, 11) is -2.92. The first-order valence-electron chi connectivity index (χ1n) is 6.33. The molecule has 0 radical (unpaired) electrons. The summed E-state index contributed by atoms with van der Waals surface area (Å²) in [5.41, 5.74) is 4.57. The van der Waals surface area contributed by atoms with Gasteiger partial charge in [-0.3, -0.25) is 11.3 Å². The molecule has 0 bridgehead atoms. The molecule has 6 heteroatoms. The Balaban J connectivity index is 2.11. The van der Waals surface area contributed by atoms with Crippen LogP contribution in [0.15, 0.2) is 18.2 Å². The third-order valence-electron chi connectivity index (χ3n) is 3.80. The van der Waals surface area contributed by atoms with Crippen LogP contribution in [0.3, 0.4) is 0 Å². The second-order valence-corrected chi connectivity index (χ2v) is 7.44. The summed E-state index contributed by atoms with van der Waals surface area (Å²) in [6, 6.07) is 4.54. The monoisotopic (exact) mass is 286 g/mol. The first kappa shape index (κ1) is 14.4. The van der Waals surface area contributed by atoms with E-state index < -0.39 is 9.84 Å². The average molecular weight is 286 g/mol. The summed E-state index contributed by atoms with van der Waals surface area (Å²) in [6.07, 6.45) is 1.25. The van der Waals surface area contributed by atoms with Gasteiger partial charge in [0.1, 0.15) is 5.82 Å². The number of hydrogen-bond donors (Lipinski definition) is 2. The van der Waals surface area contributed by atoms with Crippen molar-refractivity contribution in [3.05, 3.63) is 35.1 Å². The molecule has 3 N–H and O–H groups in total. The summed E-state index contributed by atoms with van der Waals surface area (Å²) in [4.78, 5) is 0. The Kier molecular flexibility index (Phi) is 4.23. The predicted molar refractivity (Wildman–Crippen MR) is 72.7 cm³/mol. The van der Waals surface area contributed by atoms with Crippen LogP contribution in [0.1, 0.15) is 17.5 Å². The number of nitrogens with two attached hydrogens (primary N) is 1. The van der Waals surface area contributed by atoms with Gasteiger partial charge in [0.15, 0.2) is 9.84 Å². The zero-order valence-electron chi connectivity index (χ0n) is 10.9. The van der Waals surface area contributed by atoms with Gasteiger partial charge in [0.2, 0.25) is 0 Å². The molecule has 2 unspecified atom stereocenters. The van der Waals surface area contributed by atoms with Crippen molar-refractivity contribution in [1.29, 1.82) is 0 Å². The molecule has 1 aromatic rings. The van der Waals surface area contributed by atoms with E-state index in [0.717, 1.165) is 11.1 Å². The van der Waals surface area contributed by atoms with Gasteiger partial charge in [-0.15, -0.1) is 0 Å². The van der Waals surface area contributed by atoms with Gasteiger partial charge < -0.3 is 0 Å². The molecule has 1 heterocycles. The van der Waals surface area contributed by atoms with Crippen LogP contribution < -0.4 is 11.3 Å². The summed E-state index contributed by atoms with van der Waals surface area (Å²) in [5.74, 6) is 5.73. The van der Waals surface area contributed by atoms with Gasteiger partial charge in [-0.1, -0.05) is 6.07 Å². The van der Waals surface area contributed by atoms with Crippen molar-refractivity contribution in [2.75, 3.05) is 11.5 Å². The van der Waals surface area contributed by atoms with E-state index in [1.54, 1.807) is 6.07 Å². The fourth-order valence-electron chi connectivity index (χ4n) is 2.63. The van der Waals surface area contributed by atoms with Crippen molar-refractivity contribution >= 4 is 9.84 Å². The van der Waals surface area contributed by atoms with Crippen molar-refractivity contribution in [1.82, 2.24) is 5.43 Å². The standard InChI is InChI=1S/C13H19FN2O2S/c1-9-6-12(14)3-2-10(9)7-13(16-15)11-4-5-19(17,18)8-11/h2-3,6,11,13,16H,4-5,7-8,15H2,1H3. The molecule has 2 rings (SSSR count). The number of rotatable bonds is 4. The Morgan fingerprint density at radius 1 is 1.53 bits per heavy atom. The summed E-state index contributed by atoms with van der Waals surface area (Å²) in [6.45, 7) is 1.84. The lowest BCUT2D eigenvalue weighted by molar-refractivity contribution is 0.384. The number of nitrogens with one attached hydrogen (secondary N) is 1. The zero-order chi connectivity index (χ0) is 14.0. The smallest absolute Gasteiger partial charge is 0.150 e. The lowest BCUT2D eigenvalue weighted by Crippen LogP contribution is -2.43. The number of sulfone groups is 1. The predicted octanol–water partition coefficient (Wildman–Crippen LogP) is 0.943. The molecule has 0 aliphatic carbocycles. The highest BCUT2D eigenvalue weighted by molar-refractivity contribution is 7.91. The molecule has 19 heavy (non-hydrogen) atoms. The quantitative estimate of drug-likeness (QED) is 0.638. The Bertz CT molecular complexity index is 560. The van der Waals surface area contributed by atoms with E-state index >= 15 is 0 Å². The second-order valence-electron chi connectivity index (χ2n) is 5.21. The molecule has 0 spiro atoms. The van der Waals surface area contributed by atoms with Gasteiger partial charge in [-0.2, -0.15) is 0 Å². The van der Waals surface area contributed by atoms with Gasteiger partial charge >= 0.3 is 0 Å². The molecule has 0 saturated carbocycles. The maximum atomic E-state index is 13.0. The fourth-order valence-corrected chi connectivity index (χ4v) is 4.51. The number of benzene rings is 1. The van der Waals surface area contributed by atoms with Gasteiger partial charge in [0, 0.05) is 6.04 Å². The molecule has 1 aliphatic heterocycles. The first-order chi connectivity index (χ1) is 8.91. The van der Waals surface area contributed by atoms with E-state index in [1.807, 2.05) is 6.92 Å². The minimum absolute atomic E-state index is 0.0273. The summed E-state index contributed by atoms with van der Waals surface area (Å²) in [5, 5.41) is 0. The van der Waals surface area contributed by atoms with E-state index in [2.05, 4.69) is 5.43 Å². The van der Waals surface area contributed by atoms with Crippen LogP contribution in [0.25, 0.3) is 0 Å². The van der Waals surface area contributed by atoms with Crippen LogP contribution in [0.5, 0.6) is 0 Å². The molecule has 1 saturated heterocycles. The largest absolute Gasteiger partial charge is 0.271 e. The highest BCUT2D eigenvalue weighted by atomic mass is 32.2. The molecule has 0 amide bonds. The van der Waals surface area contributed by atoms with Crippen molar-refractivity contribution < 1.29 is 12.8 Å². The molecule has 0 aromatic heterocycles. The van der Waals surface area contributed by atoms with Gasteiger partial charge in [0.05, 0.1) is 11.5 Å². The van der Waals surface area contributed by atoms with Crippen molar-refractivity contribution in [3.63, 3.8) is 0 Å². The maximum Gasteiger partial charge on any atom is 0.150 e. The van der Waals surface area contributed by atoms with E-state index in [0.29, 0.717) is 12.8 Å². The molecule has 1 fully saturated rings. The second kappa shape index (κ2) is 5.56. The van der Waals surface area contributed by atoms with Crippen LogP contribution >= 0.6 is 0 Å². The van der Waals surface area contributed by atoms with Crippen molar-refractivity contribution in [2.45, 2.75) is 25.8 Å². The van der Waals surface area contributed by atoms with E-state index in [9.17, 15) is 12.8 Å². The molecular formula is C13H19FN2O2S. The van der Waals surface area contributed by atoms with Crippen LogP contribution in [0.4, 0.5) is 4.39 Å². The molecule has 1 aromatic carbocycles. The SMILES string of the molecule is Cc1cc(F)ccc1CC(NN)C1CCS(=O)(=O)C1. The molecule has 2 atom stereocenters. The first-order valence-corrected chi connectivity index (χ1v) is 8.15. The lowest BCUT2D eigenvalue weighted by atomic mass is 9.92. The Morgan fingerprint density at radius 3 is 2.79 bits per heavy atom. The third-order valence-corrected chi connectivity index (χ3v) is 5.59. The Hall–Kier alpha value is -0.980. The van der Waals surface area contributed by atoms with E-state index in [-0.39, 0.29) is 29.3 Å². The van der Waals surface area contributed by atoms with E-state index in [1.165, 1.54) is 12.1 Å². The third kappa shape index (κ3) is 3.52. The molecular weight excluding hydrogens is 267 g/mol. The molecule has 106 valence electrons. The molecule has 4 nitrogen and oxygen atoms in total. The van der Waals surface area contributed by atoms with Crippen LogP contribution in [0, 0.1) is 18.7 Å².